The van der Waals surface area contributed by atoms with E-state index in [1.807, 2.05) is 0 Å². The molecule has 0 rings (SSSR count). The Kier molecular flexibility index (Phi) is 6.03. The van der Waals surface area contributed by atoms with Gasteiger partial charge >= 0.3 is 4.45 Å². The summed E-state index contributed by atoms with van der Waals surface area (Å²) >= 11 is 4.78. The van der Waals surface area contributed by atoms with Crippen molar-refractivity contribution in [3.05, 3.63) is 20.2 Å². The number of halogens is 2. The molecule has 0 fully saturated rings. The second-order valence-corrected chi connectivity index (χ2v) is 5.99. The van der Waals surface area contributed by atoms with Gasteiger partial charge < -0.3 is 20.4 Å². The topological polar surface area (TPSA) is 167 Å². The van der Waals surface area contributed by atoms with Crippen molar-refractivity contribution >= 4 is 31.9 Å². The number of nitro groups is 2. The van der Waals surface area contributed by atoms with Gasteiger partial charge in [0.2, 0.25) is 4.51 Å². The van der Waals surface area contributed by atoms with Crippen LogP contribution in [0.2, 0.25) is 0 Å². The molecule has 4 atom stereocenters. The lowest BCUT2D eigenvalue weighted by Gasteiger charge is -2.33. The van der Waals surface area contributed by atoms with Crippen LogP contribution in [-0.2, 0) is 0 Å². The SMILES string of the molecule is O=[N+]([O-])C(CO)C(O)(Br)C(O)C(Br)(CO)[N+](=O)[O-]. The van der Waals surface area contributed by atoms with Crippen molar-refractivity contribution in [2.24, 2.45) is 0 Å². The maximum absolute atomic E-state index is 10.7. The summed E-state index contributed by atoms with van der Waals surface area (Å²) in [5, 5.41) is 58.3. The van der Waals surface area contributed by atoms with E-state index >= 15 is 0 Å². The number of aliphatic hydroxyl groups is 4. The molecule has 18 heavy (non-hydrogen) atoms. The highest BCUT2D eigenvalue weighted by Crippen LogP contribution is 2.36. The molecule has 4 N–H and O–H groups in total. The second-order valence-electron chi connectivity index (χ2n) is 3.35. The third-order valence-corrected chi connectivity index (χ3v) is 4.16. The molecule has 0 aromatic carbocycles. The monoisotopic (exact) mass is 396 g/mol. The van der Waals surface area contributed by atoms with Gasteiger partial charge in [-0.3, -0.25) is 20.2 Å². The van der Waals surface area contributed by atoms with E-state index in [4.69, 9.17) is 10.2 Å². The molecule has 0 aliphatic carbocycles. The predicted octanol–water partition coefficient (Wildman–Crippen LogP) is -1.57. The van der Waals surface area contributed by atoms with Crippen LogP contribution >= 0.6 is 31.9 Å². The molecule has 0 aromatic rings. The Hall–Kier alpha value is -0.400. The Morgan fingerprint density at radius 1 is 1.22 bits per heavy atom. The normalized spacial score (nSPS) is 21.4. The van der Waals surface area contributed by atoms with Gasteiger partial charge in [0.15, 0.2) is 6.10 Å². The van der Waals surface area contributed by atoms with Crippen molar-refractivity contribution in [3.63, 3.8) is 0 Å². The molecule has 0 aliphatic heterocycles. The maximum atomic E-state index is 10.7. The van der Waals surface area contributed by atoms with Crippen molar-refractivity contribution in [2.45, 2.75) is 21.1 Å². The van der Waals surface area contributed by atoms with E-state index in [1.165, 1.54) is 0 Å². The van der Waals surface area contributed by atoms with Crippen LogP contribution in [0.25, 0.3) is 0 Å². The number of aliphatic hydroxyl groups excluding tert-OH is 3. The average Bonchev–Trinajstić information content (AvgIpc) is 2.26. The van der Waals surface area contributed by atoms with Crippen LogP contribution < -0.4 is 0 Å². The van der Waals surface area contributed by atoms with Crippen LogP contribution in [0.3, 0.4) is 0 Å². The minimum Gasteiger partial charge on any atom is -0.389 e. The summed E-state index contributed by atoms with van der Waals surface area (Å²) in [6, 6.07) is -2.13. The molecule has 0 bridgehead atoms. The molecule has 0 aliphatic rings. The van der Waals surface area contributed by atoms with Crippen LogP contribution in [0.1, 0.15) is 0 Å². The fraction of sp³-hybridized carbons (Fsp3) is 1.00. The number of nitrogens with zero attached hydrogens (tertiary/aromatic N) is 2. The van der Waals surface area contributed by atoms with Crippen molar-refractivity contribution in [2.75, 3.05) is 13.2 Å². The van der Waals surface area contributed by atoms with Crippen LogP contribution in [0.4, 0.5) is 0 Å². The van der Waals surface area contributed by atoms with Crippen molar-refractivity contribution in [1.82, 2.24) is 0 Å². The lowest BCUT2D eigenvalue weighted by molar-refractivity contribution is -0.572. The molecular weight excluding hydrogens is 388 g/mol. The first-order valence-electron chi connectivity index (χ1n) is 4.33. The highest BCUT2D eigenvalue weighted by molar-refractivity contribution is 9.10. The van der Waals surface area contributed by atoms with Crippen LogP contribution in [0, 0.1) is 20.2 Å². The van der Waals surface area contributed by atoms with Crippen LogP contribution in [-0.4, -0.2) is 64.6 Å². The average molecular weight is 398 g/mol. The van der Waals surface area contributed by atoms with Crippen molar-refractivity contribution in [3.8, 4) is 0 Å². The zero-order valence-corrected chi connectivity index (χ0v) is 11.8. The standard InChI is InChI=1S/C6H10Br2N2O8/c7-5(2-12,10(17)18)4(13)6(8,14)3(1-11)9(15)16/h3-4,11-14H,1-2H2. The summed E-state index contributed by atoms with van der Waals surface area (Å²) in [7, 11) is 0. The van der Waals surface area contributed by atoms with Gasteiger partial charge in [-0.2, -0.15) is 0 Å². The molecular formula is C6H10Br2N2O8. The maximum Gasteiger partial charge on any atom is 0.326 e. The highest BCUT2D eigenvalue weighted by Gasteiger charge is 2.62. The largest absolute Gasteiger partial charge is 0.389 e. The number of rotatable bonds is 7. The summed E-state index contributed by atoms with van der Waals surface area (Å²) < 4.78 is -5.43. The summed E-state index contributed by atoms with van der Waals surface area (Å²) in [6.45, 7) is -2.43. The van der Waals surface area contributed by atoms with Gasteiger partial charge in [0.05, 0.1) is 0 Å². The second kappa shape index (κ2) is 6.16. The van der Waals surface area contributed by atoms with Gasteiger partial charge in [-0.05, 0) is 15.9 Å². The summed E-state index contributed by atoms with van der Waals surface area (Å²) in [5.74, 6) is 0. The third kappa shape index (κ3) is 3.13. The van der Waals surface area contributed by atoms with Gasteiger partial charge in [-0.15, -0.1) is 0 Å². The molecule has 0 saturated carbocycles. The first-order valence-corrected chi connectivity index (χ1v) is 5.92. The Balaban J connectivity index is 5.46. The van der Waals surface area contributed by atoms with Gasteiger partial charge in [0.1, 0.15) is 13.2 Å². The zero-order chi connectivity index (χ0) is 14.7. The fourth-order valence-corrected chi connectivity index (χ4v) is 2.43. The van der Waals surface area contributed by atoms with Gasteiger partial charge in [-0.1, -0.05) is 0 Å². The van der Waals surface area contributed by atoms with Gasteiger partial charge in [0.25, 0.3) is 6.04 Å². The van der Waals surface area contributed by atoms with Crippen molar-refractivity contribution < 1.29 is 30.3 Å². The molecule has 0 radical (unpaired) electrons. The Morgan fingerprint density at radius 3 is 1.89 bits per heavy atom. The third-order valence-electron chi connectivity index (χ3n) is 2.22. The van der Waals surface area contributed by atoms with E-state index in [0.717, 1.165) is 0 Å². The minimum atomic E-state index is -2.81. The van der Waals surface area contributed by atoms with E-state index < -0.39 is 44.2 Å². The summed E-state index contributed by atoms with van der Waals surface area (Å²) in [4.78, 5) is 19.0. The summed E-state index contributed by atoms with van der Waals surface area (Å²) in [6.07, 6.45) is -2.41. The molecule has 0 amide bonds. The molecule has 0 saturated heterocycles. The molecule has 106 valence electrons. The first kappa shape index (κ1) is 17.6. The molecule has 0 aromatic heterocycles. The van der Waals surface area contributed by atoms with Gasteiger partial charge in [0, 0.05) is 25.8 Å². The number of hydrogen-bond donors (Lipinski definition) is 4. The molecule has 12 heteroatoms. The molecule has 0 spiro atoms. The van der Waals surface area contributed by atoms with Crippen LogP contribution in [0.15, 0.2) is 0 Å². The van der Waals surface area contributed by atoms with Gasteiger partial charge in [-0.25, -0.2) is 0 Å². The lowest BCUT2D eigenvalue weighted by atomic mass is 10.0. The van der Waals surface area contributed by atoms with E-state index in [9.17, 15) is 30.4 Å². The number of hydrogen-bond acceptors (Lipinski definition) is 8. The van der Waals surface area contributed by atoms with E-state index in [2.05, 4.69) is 31.9 Å². The highest BCUT2D eigenvalue weighted by atomic mass is 79.9. The van der Waals surface area contributed by atoms with E-state index in [0.29, 0.717) is 0 Å². The lowest BCUT2D eigenvalue weighted by Crippen LogP contribution is -2.62. The smallest absolute Gasteiger partial charge is 0.326 e. The zero-order valence-electron chi connectivity index (χ0n) is 8.64. The Labute approximate surface area is 117 Å². The minimum absolute atomic E-state index is 1.12. The Morgan fingerprint density at radius 2 is 1.67 bits per heavy atom. The molecule has 10 nitrogen and oxygen atoms in total. The quantitative estimate of drug-likeness (QED) is 0.173. The van der Waals surface area contributed by atoms with Crippen LogP contribution in [0.5, 0.6) is 0 Å². The first-order chi connectivity index (χ1) is 8.05. The summed E-state index contributed by atoms with van der Waals surface area (Å²) in [5.41, 5.74) is 0. The Bertz CT molecular complexity index is 340. The fourth-order valence-electron chi connectivity index (χ4n) is 1.08. The molecule has 4 unspecified atom stereocenters. The molecule has 0 heterocycles. The number of alkyl halides is 2. The van der Waals surface area contributed by atoms with E-state index in [1.54, 1.807) is 0 Å². The van der Waals surface area contributed by atoms with E-state index in [-0.39, 0.29) is 0 Å². The van der Waals surface area contributed by atoms with Crippen molar-refractivity contribution in [1.29, 1.82) is 0 Å². The predicted molar refractivity (Wildman–Crippen MR) is 63.5 cm³/mol.